The van der Waals surface area contributed by atoms with Crippen molar-refractivity contribution in [1.29, 1.82) is 0 Å². The Morgan fingerprint density at radius 1 is 1.32 bits per heavy atom. The Kier molecular flexibility index (Phi) is 3.87. The zero-order valence-corrected chi connectivity index (χ0v) is 11.6. The van der Waals surface area contributed by atoms with E-state index in [-0.39, 0.29) is 4.90 Å². The zero-order chi connectivity index (χ0) is 13.9. The fourth-order valence-electron chi connectivity index (χ4n) is 1.70. The molecule has 102 valence electrons. The van der Waals surface area contributed by atoms with Crippen LogP contribution in [-0.4, -0.2) is 25.0 Å². The summed E-state index contributed by atoms with van der Waals surface area (Å²) in [5.74, 6) is 0.830. The summed E-state index contributed by atoms with van der Waals surface area (Å²) >= 11 is 0. The summed E-state index contributed by atoms with van der Waals surface area (Å²) in [5, 5.41) is 3.09. The molecule has 0 aliphatic carbocycles. The number of nitrogens with one attached hydrogen (secondary N) is 2. The van der Waals surface area contributed by atoms with Crippen LogP contribution >= 0.6 is 0 Å². The average Bonchev–Trinajstić information content (AvgIpc) is 2.82. The first-order chi connectivity index (χ1) is 9.04. The molecule has 0 saturated carbocycles. The Morgan fingerprint density at radius 3 is 2.68 bits per heavy atom. The molecular weight excluding hydrogens is 264 g/mol. The van der Waals surface area contributed by atoms with E-state index < -0.39 is 10.0 Å². The molecule has 1 aromatic carbocycles. The van der Waals surface area contributed by atoms with Gasteiger partial charge in [0.05, 0.1) is 12.2 Å². The number of aromatic nitrogens is 2. The number of hydrogen-bond donors (Lipinski definition) is 2. The van der Waals surface area contributed by atoms with Gasteiger partial charge in [-0.2, -0.15) is 0 Å². The van der Waals surface area contributed by atoms with Gasteiger partial charge < -0.3 is 9.88 Å². The van der Waals surface area contributed by atoms with E-state index in [4.69, 9.17) is 0 Å². The van der Waals surface area contributed by atoms with Gasteiger partial charge in [0.2, 0.25) is 10.0 Å². The van der Waals surface area contributed by atoms with Crippen LogP contribution in [0.15, 0.2) is 41.6 Å². The molecular formula is C12H16N4O2S. The molecule has 0 saturated heterocycles. The number of nitrogens with zero attached hydrogens (tertiary/aromatic N) is 2. The van der Waals surface area contributed by atoms with Gasteiger partial charge in [-0.25, -0.2) is 18.1 Å². The van der Waals surface area contributed by atoms with Gasteiger partial charge in [0.25, 0.3) is 0 Å². The summed E-state index contributed by atoms with van der Waals surface area (Å²) in [7, 11) is -0.187. The van der Waals surface area contributed by atoms with E-state index in [2.05, 4.69) is 15.0 Å². The number of aryl methyl sites for hydroxylation is 1. The minimum Gasteiger partial charge on any atom is -0.377 e. The lowest BCUT2D eigenvalue weighted by Crippen LogP contribution is -2.20. The molecule has 0 amide bonds. The minimum atomic E-state index is -3.47. The van der Waals surface area contributed by atoms with E-state index in [0.717, 1.165) is 5.82 Å². The maximum Gasteiger partial charge on any atom is 0.242 e. The van der Waals surface area contributed by atoms with Crippen molar-refractivity contribution in [3.05, 3.63) is 42.5 Å². The van der Waals surface area contributed by atoms with E-state index in [1.165, 1.54) is 7.05 Å². The maximum atomic E-state index is 11.9. The largest absolute Gasteiger partial charge is 0.377 e. The van der Waals surface area contributed by atoms with Crippen molar-refractivity contribution in [2.45, 2.75) is 11.4 Å². The highest BCUT2D eigenvalue weighted by molar-refractivity contribution is 7.89. The zero-order valence-electron chi connectivity index (χ0n) is 10.8. The molecule has 0 unspecified atom stereocenters. The molecule has 2 rings (SSSR count). The molecule has 0 atom stereocenters. The second-order valence-electron chi connectivity index (χ2n) is 4.01. The summed E-state index contributed by atoms with van der Waals surface area (Å²) in [6.07, 6.45) is 3.54. The molecule has 19 heavy (non-hydrogen) atoms. The fraction of sp³-hybridized carbons (Fsp3) is 0.250. The first-order valence-corrected chi connectivity index (χ1v) is 7.25. The van der Waals surface area contributed by atoms with Gasteiger partial charge >= 0.3 is 0 Å². The third kappa shape index (κ3) is 2.94. The van der Waals surface area contributed by atoms with Crippen LogP contribution in [0, 0.1) is 0 Å². The van der Waals surface area contributed by atoms with Crippen LogP contribution in [0.4, 0.5) is 5.69 Å². The van der Waals surface area contributed by atoms with Crippen molar-refractivity contribution in [2.24, 2.45) is 7.05 Å². The van der Waals surface area contributed by atoms with Gasteiger partial charge in [0, 0.05) is 19.4 Å². The van der Waals surface area contributed by atoms with E-state index in [0.29, 0.717) is 12.2 Å². The number of sulfonamides is 1. The summed E-state index contributed by atoms with van der Waals surface area (Å²) in [6, 6.07) is 6.77. The third-order valence-corrected chi connectivity index (χ3v) is 4.28. The summed E-state index contributed by atoms with van der Waals surface area (Å²) < 4.78 is 27.9. The van der Waals surface area contributed by atoms with Gasteiger partial charge in [-0.3, -0.25) is 0 Å². The summed E-state index contributed by atoms with van der Waals surface area (Å²) in [6.45, 7) is 0.458. The second kappa shape index (κ2) is 5.41. The topological polar surface area (TPSA) is 76.0 Å². The van der Waals surface area contributed by atoms with Crippen molar-refractivity contribution in [3.63, 3.8) is 0 Å². The SMILES string of the molecule is CNS(=O)(=O)c1ccccc1NCc1nccn1C. The lowest BCUT2D eigenvalue weighted by atomic mass is 10.3. The van der Waals surface area contributed by atoms with Crippen LogP contribution < -0.4 is 10.0 Å². The number of rotatable bonds is 5. The number of imidazole rings is 1. The van der Waals surface area contributed by atoms with E-state index in [9.17, 15) is 8.42 Å². The minimum absolute atomic E-state index is 0.228. The first-order valence-electron chi connectivity index (χ1n) is 5.77. The van der Waals surface area contributed by atoms with E-state index >= 15 is 0 Å². The quantitative estimate of drug-likeness (QED) is 0.854. The van der Waals surface area contributed by atoms with Crippen LogP contribution in [-0.2, 0) is 23.6 Å². The molecule has 7 heteroatoms. The Morgan fingerprint density at radius 2 is 2.05 bits per heavy atom. The molecule has 0 bridgehead atoms. The molecule has 6 nitrogen and oxygen atoms in total. The molecule has 2 N–H and O–H groups in total. The van der Waals surface area contributed by atoms with Gasteiger partial charge in [-0.15, -0.1) is 0 Å². The molecule has 0 radical (unpaired) electrons. The third-order valence-electron chi connectivity index (χ3n) is 2.80. The normalized spacial score (nSPS) is 11.5. The molecule has 0 fully saturated rings. The Bertz CT molecular complexity index is 664. The van der Waals surface area contributed by atoms with Gasteiger partial charge in [-0.1, -0.05) is 12.1 Å². The average molecular weight is 280 g/mol. The molecule has 0 aliphatic rings. The highest BCUT2D eigenvalue weighted by Gasteiger charge is 2.15. The van der Waals surface area contributed by atoms with Crippen molar-refractivity contribution in [2.75, 3.05) is 12.4 Å². The lowest BCUT2D eigenvalue weighted by Gasteiger charge is -2.11. The Hall–Kier alpha value is -1.86. The van der Waals surface area contributed by atoms with Crippen LogP contribution in [0.5, 0.6) is 0 Å². The van der Waals surface area contributed by atoms with E-state index in [1.807, 2.05) is 17.8 Å². The number of benzene rings is 1. The maximum absolute atomic E-state index is 11.9. The Labute approximate surface area is 112 Å². The van der Waals surface area contributed by atoms with Crippen LogP contribution in [0.1, 0.15) is 5.82 Å². The summed E-state index contributed by atoms with van der Waals surface area (Å²) in [4.78, 5) is 4.41. The van der Waals surface area contributed by atoms with Crippen molar-refractivity contribution < 1.29 is 8.42 Å². The number of hydrogen-bond acceptors (Lipinski definition) is 4. The van der Waals surface area contributed by atoms with Crippen molar-refractivity contribution >= 4 is 15.7 Å². The number of anilines is 1. The van der Waals surface area contributed by atoms with Crippen LogP contribution in [0.3, 0.4) is 0 Å². The monoisotopic (exact) mass is 280 g/mol. The van der Waals surface area contributed by atoms with Crippen molar-refractivity contribution in [1.82, 2.24) is 14.3 Å². The Balaban J connectivity index is 2.24. The highest BCUT2D eigenvalue weighted by Crippen LogP contribution is 2.20. The van der Waals surface area contributed by atoms with Crippen molar-refractivity contribution in [3.8, 4) is 0 Å². The number of para-hydroxylation sites is 1. The first kappa shape index (κ1) is 13.6. The molecule has 0 spiro atoms. The van der Waals surface area contributed by atoms with Gasteiger partial charge in [0.1, 0.15) is 10.7 Å². The molecule has 0 aliphatic heterocycles. The smallest absolute Gasteiger partial charge is 0.242 e. The van der Waals surface area contributed by atoms with Gasteiger partial charge in [-0.05, 0) is 19.2 Å². The lowest BCUT2D eigenvalue weighted by molar-refractivity contribution is 0.588. The van der Waals surface area contributed by atoms with Gasteiger partial charge in [0.15, 0.2) is 0 Å². The van der Waals surface area contributed by atoms with E-state index in [1.54, 1.807) is 30.5 Å². The van der Waals surface area contributed by atoms with Crippen LogP contribution in [0.2, 0.25) is 0 Å². The molecule has 1 heterocycles. The second-order valence-corrected chi connectivity index (χ2v) is 5.87. The predicted molar refractivity (Wildman–Crippen MR) is 73.2 cm³/mol. The molecule has 1 aromatic heterocycles. The summed E-state index contributed by atoms with van der Waals surface area (Å²) in [5.41, 5.74) is 0.555. The van der Waals surface area contributed by atoms with Crippen LogP contribution in [0.25, 0.3) is 0 Å². The predicted octanol–water partition coefficient (Wildman–Crippen LogP) is 0.940. The molecule has 2 aromatic rings. The standard InChI is InChI=1S/C12H16N4O2S/c1-13-19(17,18)11-6-4-3-5-10(11)15-9-12-14-7-8-16(12)2/h3-8,13,15H,9H2,1-2H3. The highest BCUT2D eigenvalue weighted by atomic mass is 32.2. The fourth-order valence-corrected chi connectivity index (χ4v) is 2.61.